The van der Waals surface area contributed by atoms with Crippen LogP contribution in [0.5, 0.6) is 5.75 Å². The van der Waals surface area contributed by atoms with Crippen LogP contribution in [-0.2, 0) is 17.8 Å². The summed E-state index contributed by atoms with van der Waals surface area (Å²) in [6.45, 7) is 8.65. The highest BCUT2D eigenvalue weighted by Crippen LogP contribution is 2.22. The Morgan fingerprint density at radius 2 is 1.85 bits per heavy atom. The minimum Gasteiger partial charge on any atom is -0.492 e. The number of aromatic nitrogens is 2. The Morgan fingerprint density at radius 1 is 1.06 bits per heavy atom. The van der Waals surface area contributed by atoms with Crippen LogP contribution in [0.15, 0.2) is 48.5 Å². The van der Waals surface area contributed by atoms with Gasteiger partial charge >= 0.3 is 0 Å². The number of para-hydroxylation sites is 2. The Morgan fingerprint density at radius 3 is 2.61 bits per heavy atom. The number of carbonyl (C=O) groups is 1. The molecule has 1 aromatic heterocycles. The highest BCUT2D eigenvalue weighted by Gasteiger charge is 2.11. The largest absolute Gasteiger partial charge is 0.492 e. The van der Waals surface area contributed by atoms with Crippen molar-refractivity contribution in [1.29, 1.82) is 0 Å². The molecule has 0 bridgehead atoms. The number of unbranched alkanes of at least 4 members (excludes halogenated alkanes) is 2. The van der Waals surface area contributed by atoms with Crippen LogP contribution < -0.4 is 10.1 Å². The van der Waals surface area contributed by atoms with Gasteiger partial charge in [-0.3, -0.25) is 4.79 Å². The summed E-state index contributed by atoms with van der Waals surface area (Å²) in [5.41, 5.74) is 3.56. The zero-order valence-corrected chi connectivity index (χ0v) is 20.5. The van der Waals surface area contributed by atoms with Gasteiger partial charge in [-0.15, -0.1) is 0 Å². The highest BCUT2D eigenvalue weighted by atomic mass is 16.5. The maximum Gasteiger partial charge on any atom is 0.219 e. The molecule has 0 saturated carbocycles. The summed E-state index contributed by atoms with van der Waals surface area (Å²) in [5, 5.41) is 3.00. The average Bonchev–Trinajstić information content (AvgIpc) is 3.19. The highest BCUT2D eigenvalue weighted by molar-refractivity contribution is 5.76. The van der Waals surface area contributed by atoms with Crippen LogP contribution in [0.1, 0.15) is 76.6 Å². The number of hydrogen-bond acceptors (Lipinski definition) is 3. The second-order valence-corrected chi connectivity index (χ2v) is 8.81. The summed E-state index contributed by atoms with van der Waals surface area (Å²) in [6, 6.07) is 16.8. The second-order valence-electron chi connectivity index (χ2n) is 8.81. The molecule has 1 atom stereocenters. The molecule has 5 nitrogen and oxygen atoms in total. The monoisotopic (exact) mass is 449 g/mol. The van der Waals surface area contributed by atoms with Crippen LogP contribution in [-0.4, -0.2) is 28.6 Å². The standard InChI is InChI=1S/C28H39N3O2/c1-4-11-28(32)29-19-10-6-7-14-27-30-25-12-8-9-13-26(25)31(27)20-21-33-24-17-15-23(16-18-24)22(3)5-2/h8-9,12-13,15-18,22H,4-7,10-11,14,19-21H2,1-3H3,(H,29,32). The molecule has 1 amide bonds. The molecule has 0 fully saturated rings. The minimum absolute atomic E-state index is 0.161. The van der Waals surface area contributed by atoms with E-state index in [9.17, 15) is 4.79 Å². The van der Waals surface area contributed by atoms with Crippen molar-refractivity contribution >= 4 is 16.9 Å². The molecule has 0 aliphatic heterocycles. The first-order chi connectivity index (χ1) is 16.1. The molecule has 178 valence electrons. The summed E-state index contributed by atoms with van der Waals surface area (Å²) in [5.74, 6) is 2.76. The van der Waals surface area contributed by atoms with Crippen molar-refractivity contribution < 1.29 is 9.53 Å². The van der Waals surface area contributed by atoms with E-state index in [1.165, 1.54) is 5.56 Å². The lowest BCUT2D eigenvalue weighted by atomic mass is 9.99. The molecular weight excluding hydrogens is 410 g/mol. The molecule has 3 aromatic rings. The smallest absolute Gasteiger partial charge is 0.219 e. The van der Waals surface area contributed by atoms with Crippen LogP contribution >= 0.6 is 0 Å². The third kappa shape index (κ3) is 7.34. The van der Waals surface area contributed by atoms with E-state index in [-0.39, 0.29) is 5.91 Å². The van der Waals surface area contributed by atoms with Crippen molar-refractivity contribution in [3.05, 3.63) is 59.9 Å². The van der Waals surface area contributed by atoms with Gasteiger partial charge in [0, 0.05) is 19.4 Å². The van der Waals surface area contributed by atoms with Crippen molar-refractivity contribution in [1.82, 2.24) is 14.9 Å². The van der Waals surface area contributed by atoms with Gasteiger partial charge in [-0.1, -0.05) is 51.5 Å². The molecule has 0 radical (unpaired) electrons. The van der Waals surface area contributed by atoms with Crippen molar-refractivity contribution in [3.8, 4) is 5.75 Å². The van der Waals surface area contributed by atoms with Crippen molar-refractivity contribution in [2.45, 2.75) is 78.2 Å². The number of ether oxygens (including phenoxy) is 1. The fourth-order valence-corrected chi connectivity index (χ4v) is 4.08. The zero-order chi connectivity index (χ0) is 23.5. The fourth-order valence-electron chi connectivity index (χ4n) is 4.08. The van der Waals surface area contributed by atoms with Crippen LogP contribution in [0.4, 0.5) is 0 Å². The van der Waals surface area contributed by atoms with Crippen LogP contribution in [0.2, 0.25) is 0 Å². The molecule has 0 saturated heterocycles. The Kier molecular flexibility index (Phi) is 9.79. The van der Waals surface area contributed by atoms with Crippen molar-refractivity contribution in [3.63, 3.8) is 0 Å². The number of fused-ring (bicyclic) bond motifs is 1. The van der Waals surface area contributed by atoms with Gasteiger partial charge in [-0.2, -0.15) is 0 Å². The average molecular weight is 450 g/mol. The maximum absolute atomic E-state index is 11.6. The fraction of sp³-hybridized carbons (Fsp3) is 0.500. The number of carbonyl (C=O) groups excluding carboxylic acids is 1. The van der Waals surface area contributed by atoms with E-state index in [1.54, 1.807) is 0 Å². The predicted octanol–water partition coefficient (Wildman–Crippen LogP) is 6.26. The minimum atomic E-state index is 0.161. The van der Waals surface area contributed by atoms with E-state index in [2.05, 4.69) is 66.2 Å². The first-order valence-electron chi connectivity index (χ1n) is 12.6. The zero-order valence-electron chi connectivity index (χ0n) is 20.5. The summed E-state index contributed by atoms with van der Waals surface area (Å²) in [6.07, 6.45) is 6.74. The van der Waals surface area contributed by atoms with Crippen molar-refractivity contribution in [2.75, 3.05) is 13.2 Å². The third-order valence-corrected chi connectivity index (χ3v) is 6.26. The number of nitrogens with one attached hydrogen (secondary N) is 1. The SMILES string of the molecule is CCCC(=O)NCCCCCc1nc2ccccc2n1CCOc1ccc(C(C)CC)cc1. The first kappa shape index (κ1) is 24.8. The van der Waals surface area contributed by atoms with Gasteiger partial charge in [0.1, 0.15) is 18.2 Å². The van der Waals surface area contributed by atoms with Gasteiger partial charge in [-0.25, -0.2) is 4.98 Å². The van der Waals surface area contributed by atoms with Gasteiger partial charge in [0.2, 0.25) is 5.91 Å². The molecule has 33 heavy (non-hydrogen) atoms. The molecular formula is C28H39N3O2. The van der Waals surface area contributed by atoms with Crippen LogP contribution in [0.3, 0.4) is 0 Å². The number of imidazole rings is 1. The van der Waals surface area contributed by atoms with Gasteiger partial charge in [-0.05, 0) is 61.4 Å². The quantitative estimate of drug-likeness (QED) is 0.296. The number of rotatable bonds is 14. The first-order valence-corrected chi connectivity index (χ1v) is 12.6. The van der Waals surface area contributed by atoms with Crippen LogP contribution in [0, 0.1) is 0 Å². The normalized spacial score (nSPS) is 12.1. The van der Waals surface area contributed by atoms with E-state index >= 15 is 0 Å². The third-order valence-electron chi connectivity index (χ3n) is 6.26. The molecule has 2 aromatic carbocycles. The molecule has 3 rings (SSSR count). The van der Waals surface area contributed by atoms with Crippen molar-refractivity contribution in [2.24, 2.45) is 0 Å². The number of amides is 1. The Balaban J connectivity index is 1.52. The van der Waals surface area contributed by atoms with Gasteiger partial charge in [0.05, 0.1) is 17.6 Å². The molecule has 5 heteroatoms. The van der Waals surface area contributed by atoms with Gasteiger partial charge in [0.25, 0.3) is 0 Å². The molecule has 0 aliphatic carbocycles. The Hall–Kier alpha value is -2.82. The van der Waals surface area contributed by atoms with Crippen LogP contribution in [0.25, 0.3) is 11.0 Å². The van der Waals surface area contributed by atoms with Gasteiger partial charge in [0.15, 0.2) is 0 Å². The van der Waals surface area contributed by atoms with E-state index < -0.39 is 0 Å². The lowest BCUT2D eigenvalue weighted by molar-refractivity contribution is -0.121. The predicted molar refractivity (Wildman–Crippen MR) is 136 cm³/mol. The number of hydrogen-bond donors (Lipinski definition) is 1. The summed E-state index contributed by atoms with van der Waals surface area (Å²) in [7, 11) is 0. The summed E-state index contributed by atoms with van der Waals surface area (Å²) in [4.78, 5) is 16.5. The Bertz CT molecular complexity index is 994. The molecule has 0 aliphatic rings. The number of nitrogens with zero attached hydrogens (tertiary/aromatic N) is 2. The molecule has 1 N–H and O–H groups in total. The topological polar surface area (TPSA) is 56.2 Å². The van der Waals surface area contributed by atoms with E-state index in [1.807, 2.05) is 13.0 Å². The van der Waals surface area contributed by atoms with Gasteiger partial charge < -0.3 is 14.6 Å². The number of aryl methyl sites for hydroxylation is 1. The summed E-state index contributed by atoms with van der Waals surface area (Å²) >= 11 is 0. The Labute approximate surface area is 198 Å². The lowest BCUT2D eigenvalue weighted by Crippen LogP contribution is -2.23. The number of benzene rings is 2. The molecule has 0 spiro atoms. The van der Waals surface area contributed by atoms with E-state index in [4.69, 9.17) is 9.72 Å². The molecule has 1 heterocycles. The van der Waals surface area contributed by atoms with E-state index in [0.29, 0.717) is 18.9 Å². The second kappa shape index (κ2) is 13.0. The molecule has 1 unspecified atom stereocenters. The maximum atomic E-state index is 11.6. The summed E-state index contributed by atoms with van der Waals surface area (Å²) < 4.78 is 8.36. The van der Waals surface area contributed by atoms with E-state index in [0.717, 1.165) is 74.2 Å². The lowest BCUT2D eigenvalue weighted by Gasteiger charge is -2.13.